The number of halogens is 3. The Kier molecular flexibility index (Phi) is 5.20. The molecule has 0 spiro atoms. The maximum atomic E-state index is 12.4. The molecule has 0 aliphatic heterocycles. The first-order valence-corrected chi connectivity index (χ1v) is 6.25. The van der Waals surface area contributed by atoms with Crippen LogP contribution in [0.4, 0.5) is 13.2 Å². The standard InChI is InChI=1S/C14H20F3N/c1-4-10(2)9-18-11(3)12-5-7-13(8-6-12)14(15,16)17/h5-8,10-11,18H,4,9H2,1-3H3. The SMILES string of the molecule is CCC(C)CNC(C)c1ccc(C(F)(F)F)cc1. The molecule has 0 amide bonds. The lowest BCUT2D eigenvalue weighted by Gasteiger charge is -2.17. The topological polar surface area (TPSA) is 12.0 Å². The van der Waals surface area contributed by atoms with Gasteiger partial charge in [-0.05, 0) is 37.1 Å². The fourth-order valence-corrected chi connectivity index (χ4v) is 1.60. The van der Waals surface area contributed by atoms with Crippen LogP contribution in [0.2, 0.25) is 0 Å². The quantitative estimate of drug-likeness (QED) is 0.826. The molecule has 0 aliphatic carbocycles. The summed E-state index contributed by atoms with van der Waals surface area (Å²) in [7, 11) is 0. The Morgan fingerprint density at radius 3 is 2.11 bits per heavy atom. The van der Waals surface area contributed by atoms with Gasteiger partial charge in [0.25, 0.3) is 0 Å². The van der Waals surface area contributed by atoms with E-state index >= 15 is 0 Å². The smallest absolute Gasteiger partial charge is 0.310 e. The average Bonchev–Trinajstić information content (AvgIpc) is 2.34. The van der Waals surface area contributed by atoms with Gasteiger partial charge >= 0.3 is 6.18 Å². The third kappa shape index (κ3) is 4.33. The number of benzene rings is 1. The summed E-state index contributed by atoms with van der Waals surface area (Å²) in [6.45, 7) is 7.10. The predicted octanol–water partition coefficient (Wildman–Crippen LogP) is 4.40. The van der Waals surface area contributed by atoms with Gasteiger partial charge in [-0.25, -0.2) is 0 Å². The van der Waals surface area contributed by atoms with Crippen LogP contribution in [0.15, 0.2) is 24.3 Å². The molecule has 0 radical (unpaired) electrons. The van der Waals surface area contributed by atoms with Gasteiger partial charge in [-0.2, -0.15) is 13.2 Å². The van der Waals surface area contributed by atoms with Gasteiger partial charge < -0.3 is 5.32 Å². The maximum Gasteiger partial charge on any atom is 0.416 e. The summed E-state index contributed by atoms with van der Waals surface area (Å²) in [5.41, 5.74) is 0.284. The third-order valence-corrected chi connectivity index (χ3v) is 3.21. The van der Waals surface area contributed by atoms with Crippen molar-refractivity contribution in [3.05, 3.63) is 35.4 Å². The molecule has 1 nitrogen and oxygen atoms in total. The zero-order chi connectivity index (χ0) is 13.8. The van der Waals surface area contributed by atoms with Gasteiger partial charge in [-0.1, -0.05) is 32.4 Å². The second-order valence-corrected chi connectivity index (χ2v) is 4.76. The molecule has 1 N–H and O–H groups in total. The molecule has 0 aromatic heterocycles. The van der Waals surface area contributed by atoms with Crippen molar-refractivity contribution in [3.8, 4) is 0 Å². The molecule has 0 fully saturated rings. The molecule has 2 unspecified atom stereocenters. The van der Waals surface area contributed by atoms with E-state index in [1.165, 1.54) is 12.1 Å². The van der Waals surface area contributed by atoms with E-state index in [2.05, 4.69) is 19.2 Å². The highest BCUT2D eigenvalue weighted by atomic mass is 19.4. The Morgan fingerprint density at radius 1 is 1.11 bits per heavy atom. The Hall–Kier alpha value is -1.03. The molecule has 4 heteroatoms. The van der Waals surface area contributed by atoms with Crippen LogP contribution in [0, 0.1) is 5.92 Å². The highest BCUT2D eigenvalue weighted by Gasteiger charge is 2.30. The van der Waals surface area contributed by atoms with Crippen LogP contribution in [-0.2, 0) is 6.18 Å². The summed E-state index contributed by atoms with van der Waals surface area (Å²) in [6.07, 6.45) is -3.17. The normalized spacial score (nSPS) is 15.4. The lowest BCUT2D eigenvalue weighted by atomic mass is 10.0. The molecule has 0 saturated carbocycles. The number of hydrogen-bond donors (Lipinski definition) is 1. The second-order valence-electron chi connectivity index (χ2n) is 4.76. The van der Waals surface area contributed by atoms with E-state index in [9.17, 15) is 13.2 Å². The molecule has 2 atom stereocenters. The van der Waals surface area contributed by atoms with Crippen molar-refractivity contribution in [1.29, 1.82) is 0 Å². The van der Waals surface area contributed by atoms with Gasteiger partial charge in [-0.3, -0.25) is 0 Å². The van der Waals surface area contributed by atoms with Crippen LogP contribution in [0.25, 0.3) is 0 Å². The predicted molar refractivity (Wildman–Crippen MR) is 67.3 cm³/mol. The number of rotatable bonds is 5. The summed E-state index contributed by atoms with van der Waals surface area (Å²) in [5.74, 6) is 0.571. The molecule has 102 valence electrons. The minimum absolute atomic E-state index is 0.0706. The van der Waals surface area contributed by atoms with E-state index in [1.54, 1.807) is 0 Å². The Morgan fingerprint density at radius 2 is 1.67 bits per heavy atom. The molecular formula is C14H20F3N. The van der Waals surface area contributed by atoms with Crippen LogP contribution in [0.5, 0.6) is 0 Å². The Balaban J connectivity index is 2.62. The monoisotopic (exact) mass is 259 g/mol. The van der Waals surface area contributed by atoms with Crippen molar-refractivity contribution in [1.82, 2.24) is 5.32 Å². The summed E-state index contributed by atoms with van der Waals surface area (Å²) in [4.78, 5) is 0. The first kappa shape index (κ1) is 15.0. The van der Waals surface area contributed by atoms with E-state index in [0.717, 1.165) is 30.7 Å². The van der Waals surface area contributed by atoms with Crippen LogP contribution in [-0.4, -0.2) is 6.54 Å². The first-order chi connectivity index (χ1) is 8.34. The maximum absolute atomic E-state index is 12.4. The van der Waals surface area contributed by atoms with Crippen LogP contribution >= 0.6 is 0 Å². The lowest BCUT2D eigenvalue weighted by molar-refractivity contribution is -0.137. The Labute approximate surface area is 106 Å². The Bertz CT molecular complexity index is 356. The van der Waals surface area contributed by atoms with Gasteiger partial charge in [0.2, 0.25) is 0 Å². The zero-order valence-electron chi connectivity index (χ0n) is 11.0. The van der Waals surface area contributed by atoms with Gasteiger partial charge in [0.1, 0.15) is 0 Å². The fraction of sp³-hybridized carbons (Fsp3) is 0.571. The summed E-state index contributed by atoms with van der Waals surface area (Å²) < 4.78 is 37.2. The van der Waals surface area contributed by atoms with Gasteiger partial charge in [0, 0.05) is 6.04 Å². The highest BCUT2D eigenvalue weighted by molar-refractivity contribution is 5.26. The van der Waals surface area contributed by atoms with E-state index in [0.29, 0.717) is 5.92 Å². The van der Waals surface area contributed by atoms with Crippen LogP contribution in [0.3, 0.4) is 0 Å². The van der Waals surface area contributed by atoms with Crippen molar-refractivity contribution in [2.24, 2.45) is 5.92 Å². The van der Waals surface area contributed by atoms with E-state index < -0.39 is 11.7 Å². The van der Waals surface area contributed by atoms with Gasteiger partial charge in [0.05, 0.1) is 5.56 Å². The molecular weight excluding hydrogens is 239 g/mol. The van der Waals surface area contributed by atoms with E-state index in [4.69, 9.17) is 0 Å². The molecule has 0 heterocycles. The zero-order valence-corrected chi connectivity index (χ0v) is 11.0. The van der Waals surface area contributed by atoms with Gasteiger partial charge in [0.15, 0.2) is 0 Å². The number of nitrogens with one attached hydrogen (secondary N) is 1. The third-order valence-electron chi connectivity index (χ3n) is 3.21. The molecule has 0 bridgehead atoms. The van der Waals surface area contributed by atoms with E-state index in [-0.39, 0.29) is 6.04 Å². The number of alkyl halides is 3. The largest absolute Gasteiger partial charge is 0.416 e. The highest BCUT2D eigenvalue weighted by Crippen LogP contribution is 2.29. The van der Waals surface area contributed by atoms with Crippen LogP contribution in [0.1, 0.15) is 44.4 Å². The molecule has 0 aliphatic rings. The van der Waals surface area contributed by atoms with Crippen molar-refractivity contribution in [3.63, 3.8) is 0 Å². The molecule has 1 aromatic rings. The average molecular weight is 259 g/mol. The van der Waals surface area contributed by atoms with E-state index in [1.807, 2.05) is 6.92 Å². The van der Waals surface area contributed by atoms with Crippen LogP contribution < -0.4 is 5.32 Å². The first-order valence-electron chi connectivity index (χ1n) is 6.25. The fourth-order valence-electron chi connectivity index (χ4n) is 1.60. The van der Waals surface area contributed by atoms with Crippen molar-refractivity contribution in [2.75, 3.05) is 6.54 Å². The lowest BCUT2D eigenvalue weighted by Crippen LogP contribution is -2.24. The summed E-state index contributed by atoms with van der Waals surface area (Å²) >= 11 is 0. The van der Waals surface area contributed by atoms with Gasteiger partial charge in [-0.15, -0.1) is 0 Å². The summed E-state index contributed by atoms with van der Waals surface area (Å²) in [5, 5.41) is 3.33. The summed E-state index contributed by atoms with van der Waals surface area (Å²) in [6, 6.07) is 5.42. The molecule has 1 rings (SSSR count). The minimum Gasteiger partial charge on any atom is -0.310 e. The number of hydrogen-bond acceptors (Lipinski definition) is 1. The minimum atomic E-state index is -4.26. The molecule has 0 saturated heterocycles. The van der Waals surface area contributed by atoms with Crippen molar-refractivity contribution in [2.45, 2.75) is 39.4 Å². The molecule has 18 heavy (non-hydrogen) atoms. The van der Waals surface area contributed by atoms with Crippen molar-refractivity contribution < 1.29 is 13.2 Å². The second kappa shape index (κ2) is 6.23. The van der Waals surface area contributed by atoms with Crippen molar-refractivity contribution >= 4 is 0 Å². The molecule has 1 aromatic carbocycles.